The Labute approximate surface area is 107 Å². The summed E-state index contributed by atoms with van der Waals surface area (Å²) in [7, 11) is 0. The number of hydrogen-bond acceptors (Lipinski definition) is 2. The average molecular weight is 249 g/mol. The Morgan fingerprint density at radius 2 is 1.94 bits per heavy atom. The molecule has 0 saturated carbocycles. The highest BCUT2D eigenvalue weighted by Gasteiger charge is 2.14. The molecule has 0 heterocycles. The van der Waals surface area contributed by atoms with E-state index in [9.17, 15) is 9.59 Å². The Hall–Kier alpha value is -1.84. The van der Waals surface area contributed by atoms with E-state index in [-0.39, 0.29) is 6.42 Å². The molecule has 0 spiro atoms. The fourth-order valence-electron chi connectivity index (χ4n) is 1.89. The van der Waals surface area contributed by atoms with Crippen molar-refractivity contribution in [3.05, 3.63) is 35.4 Å². The van der Waals surface area contributed by atoms with Crippen molar-refractivity contribution < 1.29 is 14.7 Å². The van der Waals surface area contributed by atoms with Crippen molar-refractivity contribution >= 4 is 12.4 Å². The van der Waals surface area contributed by atoms with E-state index in [4.69, 9.17) is 5.11 Å². The van der Waals surface area contributed by atoms with Crippen LogP contribution in [0.1, 0.15) is 37.4 Å². The van der Waals surface area contributed by atoms with Crippen LogP contribution >= 0.6 is 0 Å². The number of carbonyl (C=O) groups excluding carboxylic acids is 1. The molecule has 0 aromatic heterocycles. The molecule has 0 bridgehead atoms. The molecular weight excluding hydrogens is 230 g/mol. The Kier molecular flexibility index (Phi) is 5.36. The van der Waals surface area contributed by atoms with Crippen LogP contribution in [0.4, 0.5) is 0 Å². The van der Waals surface area contributed by atoms with Crippen LogP contribution in [0.25, 0.3) is 0 Å². The topological polar surface area (TPSA) is 66.4 Å². The Morgan fingerprint density at radius 1 is 1.33 bits per heavy atom. The molecule has 0 saturated heterocycles. The monoisotopic (exact) mass is 249 g/mol. The molecule has 4 heteroatoms. The van der Waals surface area contributed by atoms with E-state index < -0.39 is 12.0 Å². The molecular formula is C14H19NO3. The molecule has 0 radical (unpaired) electrons. The Morgan fingerprint density at radius 3 is 2.39 bits per heavy atom. The molecule has 1 amide bonds. The van der Waals surface area contributed by atoms with Crippen LogP contribution < -0.4 is 5.32 Å². The van der Waals surface area contributed by atoms with E-state index in [2.05, 4.69) is 19.2 Å². The van der Waals surface area contributed by atoms with Gasteiger partial charge in [-0.05, 0) is 23.5 Å². The van der Waals surface area contributed by atoms with Gasteiger partial charge in [-0.1, -0.05) is 38.1 Å². The maximum absolute atomic E-state index is 10.7. The minimum atomic E-state index is -0.930. The number of amides is 1. The first kappa shape index (κ1) is 14.2. The van der Waals surface area contributed by atoms with Crippen LogP contribution in [0.3, 0.4) is 0 Å². The van der Waals surface area contributed by atoms with Gasteiger partial charge in [0.2, 0.25) is 6.41 Å². The van der Waals surface area contributed by atoms with Crippen LogP contribution in [0.5, 0.6) is 0 Å². The molecule has 98 valence electrons. The normalized spacial score (nSPS) is 12.2. The first-order valence-electron chi connectivity index (χ1n) is 6.03. The first-order chi connectivity index (χ1) is 8.52. The van der Waals surface area contributed by atoms with Crippen molar-refractivity contribution in [3.63, 3.8) is 0 Å². The molecule has 0 aliphatic rings. The van der Waals surface area contributed by atoms with Gasteiger partial charge in [0.05, 0.1) is 12.5 Å². The van der Waals surface area contributed by atoms with E-state index in [0.29, 0.717) is 12.3 Å². The number of benzene rings is 1. The summed E-state index contributed by atoms with van der Waals surface area (Å²) in [4.78, 5) is 21.2. The standard InChI is InChI=1S/C14H19NO3/c1-10(2)7-11-3-5-12(6-4-11)13(15-9-16)8-14(17)18/h3-6,9-10,13H,7-8H2,1-2H3,(H,15,16)(H,17,18). The summed E-state index contributed by atoms with van der Waals surface area (Å²) in [5.41, 5.74) is 2.03. The van der Waals surface area contributed by atoms with Gasteiger partial charge < -0.3 is 10.4 Å². The summed E-state index contributed by atoms with van der Waals surface area (Å²) in [6.45, 7) is 4.30. The number of carbonyl (C=O) groups is 2. The fourth-order valence-corrected chi connectivity index (χ4v) is 1.89. The van der Waals surface area contributed by atoms with Gasteiger partial charge in [0.1, 0.15) is 0 Å². The third-order valence-corrected chi connectivity index (χ3v) is 2.67. The molecule has 0 aliphatic heterocycles. The predicted molar refractivity (Wildman–Crippen MR) is 69.2 cm³/mol. The molecule has 4 nitrogen and oxygen atoms in total. The maximum atomic E-state index is 10.7. The molecule has 1 rings (SSSR count). The average Bonchev–Trinajstić information content (AvgIpc) is 2.28. The number of carboxylic acids is 1. The zero-order valence-electron chi connectivity index (χ0n) is 10.7. The van der Waals surface area contributed by atoms with E-state index >= 15 is 0 Å². The number of hydrogen-bond donors (Lipinski definition) is 2. The molecule has 0 fully saturated rings. The predicted octanol–water partition coefficient (Wildman–Crippen LogP) is 2.15. The summed E-state index contributed by atoms with van der Waals surface area (Å²) in [6, 6.07) is 7.25. The lowest BCUT2D eigenvalue weighted by Gasteiger charge is -2.15. The van der Waals surface area contributed by atoms with Crippen LogP contribution in [0.15, 0.2) is 24.3 Å². The first-order valence-corrected chi connectivity index (χ1v) is 6.03. The number of rotatable bonds is 7. The van der Waals surface area contributed by atoms with E-state index in [1.807, 2.05) is 24.3 Å². The smallest absolute Gasteiger partial charge is 0.305 e. The number of carboxylic acid groups (broad SMARTS) is 1. The third kappa shape index (κ3) is 4.57. The van der Waals surface area contributed by atoms with Crippen LogP contribution in [-0.2, 0) is 16.0 Å². The molecule has 1 atom stereocenters. The summed E-state index contributed by atoms with van der Waals surface area (Å²) >= 11 is 0. The van der Waals surface area contributed by atoms with Crippen molar-refractivity contribution in [2.45, 2.75) is 32.7 Å². The second-order valence-electron chi connectivity index (χ2n) is 4.77. The highest BCUT2D eigenvalue weighted by atomic mass is 16.4. The largest absolute Gasteiger partial charge is 0.481 e. The Balaban J connectivity index is 2.79. The Bertz CT molecular complexity index is 398. The van der Waals surface area contributed by atoms with Gasteiger partial charge in [-0.25, -0.2) is 0 Å². The van der Waals surface area contributed by atoms with Gasteiger partial charge in [-0.3, -0.25) is 9.59 Å². The maximum Gasteiger partial charge on any atom is 0.305 e. The third-order valence-electron chi connectivity index (χ3n) is 2.67. The van der Waals surface area contributed by atoms with Crippen LogP contribution in [0, 0.1) is 5.92 Å². The van der Waals surface area contributed by atoms with Gasteiger partial charge in [-0.15, -0.1) is 0 Å². The van der Waals surface area contributed by atoms with E-state index in [1.165, 1.54) is 5.56 Å². The van der Waals surface area contributed by atoms with Crippen molar-refractivity contribution in [1.82, 2.24) is 5.32 Å². The summed E-state index contributed by atoms with van der Waals surface area (Å²) in [5, 5.41) is 11.3. The van der Waals surface area contributed by atoms with Gasteiger partial charge in [0.15, 0.2) is 0 Å². The SMILES string of the molecule is CC(C)Cc1ccc(C(CC(=O)O)NC=O)cc1. The molecule has 0 aliphatic carbocycles. The zero-order valence-corrected chi connectivity index (χ0v) is 10.7. The zero-order chi connectivity index (χ0) is 13.5. The van der Waals surface area contributed by atoms with Crippen molar-refractivity contribution in [3.8, 4) is 0 Å². The van der Waals surface area contributed by atoms with Crippen LogP contribution in [0.2, 0.25) is 0 Å². The lowest BCUT2D eigenvalue weighted by atomic mass is 9.98. The second kappa shape index (κ2) is 6.79. The minimum Gasteiger partial charge on any atom is -0.481 e. The van der Waals surface area contributed by atoms with E-state index in [0.717, 1.165) is 12.0 Å². The van der Waals surface area contributed by atoms with E-state index in [1.54, 1.807) is 0 Å². The quantitative estimate of drug-likeness (QED) is 0.728. The van der Waals surface area contributed by atoms with Gasteiger partial charge >= 0.3 is 5.97 Å². The van der Waals surface area contributed by atoms with Gasteiger partial charge in [0, 0.05) is 0 Å². The highest BCUT2D eigenvalue weighted by molar-refractivity contribution is 5.68. The molecule has 2 N–H and O–H groups in total. The second-order valence-corrected chi connectivity index (χ2v) is 4.77. The summed E-state index contributed by atoms with van der Waals surface area (Å²) in [5.74, 6) is -0.348. The number of nitrogens with one attached hydrogen (secondary N) is 1. The minimum absolute atomic E-state index is 0.109. The highest BCUT2D eigenvalue weighted by Crippen LogP contribution is 2.18. The lowest BCUT2D eigenvalue weighted by Crippen LogP contribution is -2.22. The van der Waals surface area contributed by atoms with Crippen molar-refractivity contribution in [1.29, 1.82) is 0 Å². The molecule has 1 unspecified atom stereocenters. The van der Waals surface area contributed by atoms with Crippen LogP contribution in [-0.4, -0.2) is 17.5 Å². The van der Waals surface area contributed by atoms with Crippen molar-refractivity contribution in [2.24, 2.45) is 5.92 Å². The fraction of sp³-hybridized carbons (Fsp3) is 0.429. The summed E-state index contributed by atoms with van der Waals surface area (Å²) < 4.78 is 0. The summed E-state index contributed by atoms with van der Waals surface area (Å²) in [6.07, 6.45) is 1.42. The lowest BCUT2D eigenvalue weighted by molar-refractivity contribution is -0.137. The van der Waals surface area contributed by atoms with Crippen molar-refractivity contribution in [2.75, 3.05) is 0 Å². The molecule has 18 heavy (non-hydrogen) atoms. The van der Waals surface area contributed by atoms with Gasteiger partial charge in [-0.2, -0.15) is 0 Å². The molecule has 1 aromatic carbocycles. The number of aliphatic carboxylic acids is 1. The van der Waals surface area contributed by atoms with Gasteiger partial charge in [0.25, 0.3) is 0 Å². The molecule has 1 aromatic rings.